The molecule has 3 aromatic rings. The van der Waals surface area contributed by atoms with E-state index in [1.807, 2.05) is 0 Å². The average Bonchev–Trinajstić information content (AvgIpc) is 3.14. The molecule has 0 radical (unpaired) electrons. The van der Waals surface area contributed by atoms with E-state index in [1.165, 1.54) is 24.3 Å². The first-order chi connectivity index (χ1) is 11.0. The van der Waals surface area contributed by atoms with Crippen LogP contribution in [0.4, 0.5) is 4.39 Å². The fraction of sp³-hybridized carbons (Fsp3) is 0.200. The van der Waals surface area contributed by atoms with Crippen LogP contribution in [0.1, 0.15) is 27.7 Å². The number of rotatable bonds is 4. The van der Waals surface area contributed by atoms with Crippen molar-refractivity contribution in [3.05, 3.63) is 53.0 Å². The number of benzene rings is 1. The van der Waals surface area contributed by atoms with Crippen LogP contribution < -0.4 is 5.32 Å². The van der Waals surface area contributed by atoms with Crippen LogP contribution >= 0.6 is 0 Å². The third-order valence-corrected chi connectivity index (χ3v) is 3.33. The first-order valence-electron chi connectivity index (χ1n) is 6.84. The van der Waals surface area contributed by atoms with Gasteiger partial charge in [-0.05, 0) is 38.1 Å². The summed E-state index contributed by atoms with van der Waals surface area (Å²) in [5, 5.41) is 10.2. The Bertz CT molecular complexity index is 819. The smallest absolute Gasteiger partial charge is 0.316 e. The fourth-order valence-electron chi connectivity index (χ4n) is 2.03. The molecule has 0 atom stereocenters. The molecule has 118 valence electrons. The summed E-state index contributed by atoms with van der Waals surface area (Å²) in [7, 11) is 0. The van der Waals surface area contributed by atoms with Crippen molar-refractivity contribution in [1.82, 2.24) is 20.6 Å². The fourth-order valence-corrected chi connectivity index (χ4v) is 2.03. The zero-order chi connectivity index (χ0) is 16.4. The molecule has 1 amide bonds. The van der Waals surface area contributed by atoms with Gasteiger partial charge in [-0.25, -0.2) is 4.39 Å². The minimum Gasteiger partial charge on any atom is -0.361 e. The van der Waals surface area contributed by atoms with E-state index in [0.29, 0.717) is 17.0 Å². The topological polar surface area (TPSA) is 94.1 Å². The van der Waals surface area contributed by atoms with Crippen molar-refractivity contribution in [2.75, 3.05) is 0 Å². The molecule has 0 aliphatic carbocycles. The number of amides is 1. The highest BCUT2D eigenvalue weighted by Crippen LogP contribution is 2.16. The lowest BCUT2D eigenvalue weighted by Crippen LogP contribution is -2.23. The molecule has 3 rings (SSSR count). The van der Waals surface area contributed by atoms with E-state index in [9.17, 15) is 9.18 Å². The molecule has 0 fully saturated rings. The van der Waals surface area contributed by atoms with Crippen LogP contribution in [0.15, 0.2) is 33.3 Å². The van der Waals surface area contributed by atoms with E-state index in [2.05, 4.69) is 20.6 Å². The molecule has 0 saturated heterocycles. The van der Waals surface area contributed by atoms with Crippen molar-refractivity contribution in [2.24, 2.45) is 0 Å². The number of carbonyl (C=O) groups excluding carboxylic acids is 1. The van der Waals surface area contributed by atoms with Crippen LogP contribution in [0, 0.1) is 19.7 Å². The van der Waals surface area contributed by atoms with Gasteiger partial charge in [0.1, 0.15) is 11.6 Å². The minimum absolute atomic E-state index is 0.170. The summed E-state index contributed by atoms with van der Waals surface area (Å²) in [6.45, 7) is 3.80. The number of hydrogen-bond acceptors (Lipinski definition) is 6. The van der Waals surface area contributed by atoms with Gasteiger partial charge in [-0.2, -0.15) is 4.98 Å². The summed E-state index contributed by atoms with van der Waals surface area (Å²) in [6.07, 6.45) is 0. The molecule has 0 saturated carbocycles. The van der Waals surface area contributed by atoms with Crippen LogP contribution in [-0.4, -0.2) is 21.2 Å². The Morgan fingerprint density at radius 3 is 2.57 bits per heavy atom. The van der Waals surface area contributed by atoms with Gasteiger partial charge in [0.05, 0.1) is 5.69 Å². The van der Waals surface area contributed by atoms with Gasteiger partial charge >= 0.3 is 11.8 Å². The molecule has 1 N–H and O–H groups in total. The van der Waals surface area contributed by atoms with Crippen molar-refractivity contribution in [3.8, 4) is 11.4 Å². The van der Waals surface area contributed by atoms with Crippen LogP contribution in [0.3, 0.4) is 0 Å². The number of aromatic nitrogens is 3. The van der Waals surface area contributed by atoms with Crippen molar-refractivity contribution in [2.45, 2.75) is 20.4 Å². The molecular formula is C15H13FN4O3. The number of nitrogens with one attached hydrogen (secondary N) is 1. The van der Waals surface area contributed by atoms with E-state index in [1.54, 1.807) is 13.8 Å². The molecule has 0 unspecified atom stereocenters. The van der Waals surface area contributed by atoms with Gasteiger partial charge in [0, 0.05) is 17.7 Å². The lowest BCUT2D eigenvalue weighted by molar-refractivity contribution is 0.0907. The van der Waals surface area contributed by atoms with Crippen LogP contribution in [-0.2, 0) is 6.54 Å². The number of nitrogens with zero attached hydrogens (tertiary/aromatic N) is 3. The van der Waals surface area contributed by atoms with Crippen molar-refractivity contribution in [3.63, 3.8) is 0 Å². The molecule has 2 aromatic heterocycles. The zero-order valence-electron chi connectivity index (χ0n) is 12.5. The first-order valence-corrected chi connectivity index (χ1v) is 6.84. The van der Waals surface area contributed by atoms with Gasteiger partial charge in [0.25, 0.3) is 0 Å². The van der Waals surface area contributed by atoms with E-state index < -0.39 is 5.91 Å². The Hall–Kier alpha value is -3.03. The van der Waals surface area contributed by atoms with Gasteiger partial charge in [0.15, 0.2) is 0 Å². The van der Waals surface area contributed by atoms with E-state index in [-0.39, 0.29) is 24.1 Å². The molecule has 7 nitrogen and oxygen atoms in total. The van der Waals surface area contributed by atoms with Gasteiger partial charge in [-0.1, -0.05) is 10.3 Å². The average molecular weight is 316 g/mol. The van der Waals surface area contributed by atoms with E-state index in [4.69, 9.17) is 9.05 Å². The maximum atomic E-state index is 12.9. The standard InChI is InChI=1S/C15H13FN4O3/c1-8-12(9(2)22-19-8)7-17-14(21)15-18-13(20-23-15)10-3-5-11(16)6-4-10/h3-6H,7H2,1-2H3,(H,17,21). The monoisotopic (exact) mass is 316 g/mol. The zero-order valence-corrected chi connectivity index (χ0v) is 12.5. The molecule has 2 heterocycles. The molecule has 1 aromatic carbocycles. The SMILES string of the molecule is Cc1noc(C)c1CNC(=O)c1nc(-c2ccc(F)cc2)no1. The third kappa shape index (κ3) is 3.10. The van der Waals surface area contributed by atoms with Gasteiger partial charge in [-0.15, -0.1) is 0 Å². The summed E-state index contributed by atoms with van der Waals surface area (Å²) in [6, 6.07) is 5.57. The molecule has 0 spiro atoms. The normalized spacial score (nSPS) is 10.7. The Balaban J connectivity index is 1.70. The van der Waals surface area contributed by atoms with Gasteiger partial charge in [0.2, 0.25) is 5.82 Å². The Morgan fingerprint density at radius 2 is 1.91 bits per heavy atom. The molecule has 0 bridgehead atoms. The van der Waals surface area contributed by atoms with Gasteiger partial charge in [-0.3, -0.25) is 4.79 Å². The van der Waals surface area contributed by atoms with Crippen LogP contribution in [0.2, 0.25) is 0 Å². The molecular weight excluding hydrogens is 303 g/mol. The summed E-state index contributed by atoms with van der Waals surface area (Å²) in [4.78, 5) is 16.0. The second kappa shape index (κ2) is 5.99. The second-order valence-electron chi connectivity index (χ2n) is 4.92. The maximum Gasteiger partial charge on any atom is 0.316 e. The molecule has 8 heteroatoms. The summed E-state index contributed by atoms with van der Waals surface area (Å²) < 4.78 is 22.9. The molecule has 23 heavy (non-hydrogen) atoms. The van der Waals surface area contributed by atoms with Crippen molar-refractivity contribution < 1.29 is 18.2 Å². The number of halogens is 1. The highest BCUT2D eigenvalue weighted by Gasteiger charge is 2.17. The Labute approximate surface area is 130 Å². The third-order valence-electron chi connectivity index (χ3n) is 3.33. The maximum absolute atomic E-state index is 12.9. The van der Waals surface area contributed by atoms with E-state index >= 15 is 0 Å². The summed E-state index contributed by atoms with van der Waals surface area (Å²) >= 11 is 0. The molecule has 0 aliphatic rings. The molecule has 0 aliphatic heterocycles. The van der Waals surface area contributed by atoms with E-state index in [0.717, 1.165) is 5.56 Å². The number of hydrogen-bond donors (Lipinski definition) is 1. The highest BCUT2D eigenvalue weighted by molar-refractivity contribution is 5.89. The largest absolute Gasteiger partial charge is 0.361 e. The van der Waals surface area contributed by atoms with Crippen LogP contribution in [0.5, 0.6) is 0 Å². The van der Waals surface area contributed by atoms with Crippen molar-refractivity contribution in [1.29, 1.82) is 0 Å². The predicted octanol–water partition coefficient (Wildman–Crippen LogP) is 2.41. The minimum atomic E-state index is -0.508. The Morgan fingerprint density at radius 1 is 1.17 bits per heavy atom. The van der Waals surface area contributed by atoms with Gasteiger partial charge < -0.3 is 14.4 Å². The Kier molecular flexibility index (Phi) is 3.88. The van der Waals surface area contributed by atoms with Crippen molar-refractivity contribution >= 4 is 5.91 Å². The van der Waals surface area contributed by atoms with Crippen LogP contribution in [0.25, 0.3) is 11.4 Å². The number of aryl methyl sites for hydroxylation is 2. The predicted molar refractivity (Wildman–Crippen MR) is 76.8 cm³/mol. The highest BCUT2D eigenvalue weighted by atomic mass is 19.1. The number of carbonyl (C=O) groups is 1. The summed E-state index contributed by atoms with van der Waals surface area (Å²) in [5.74, 6) is -0.190. The lowest BCUT2D eigenvalue weighted by Gasteiger charge is -2.00. The quantitative estimate of drug-likeness (QED) is 0.794. The summed E-state index contributed by atoms with van der Waals surface area (Å²) in [5.41, 5.74) is 2.07. The first kappa shape index (κ1) is 14.9. The second-order valence-corrected chi connectivity index (χ2v) is 4.92. The lowest BCUT2D eigenvalue weighted by atomic mass is 10.2.